The van der Waals surface area contributed by atoms with Crippen LogP contribution < -0.4 is 50.7 Å². The maximum absolute atomic E-state index is 14.7. The van der Waals surface area contributed by atoms with E-state index in [4.69, 9.17) is 47.7 Å². The molecule has 6 N–H and O–H groups in total. The maximum atomic E-state index is 14.7. The number of alkyl carbamates (subject to hydrolysis) is 1. The number of rotatable bonds is 28. The molecule has 2 heterocycles. The summed E-state index contributed by atoms with van der Waals surface area (Å²) in [5.74, 6) is -1.41. The molecule has 25 heteroatoms. The van der Waals surface area contributed by atoms with Crippen molar-refractivity contribution in [3.05, 3.63) is 77.9 Å². The summed E-state index contributed by atoms with van der Waals surface area (Å²) >= 11 is 0. The number of nitrogens with two attached hydrogens (primary N) is 1. The number of amides is 7. The topological polar surface area (TPSA) is 283 Å². The van der Waals surface area contributed by atoms with E-state index in [0.29, 0.717) is 37.6 Å². The SMILES string of the molecule is C=CCOC(=O)NC(C(=O)NC(C)C(=O)Nc1ccc(COC(=O)Nc2cc(OCCCOc3cc(OC(N)=O)c(C(=O)N4CCCC4CO[Si](C)(C)C(C)(C)C)cc3OC)c(OC)cc2C(=O)N2CCCC2CO[Si](C)(C)C(C)(C)C)cc1)C(C)C. The lowest BCUT2D eigenvalue weighted by atomic mass is 10.0. The zero-order valence-corrected chi connectivity index (χ0v) is 55.5. The van der Waals surface area contributed by atoms with Gasteiger partial charge in [0.1, 0.15) is 31.0 Å². The molecule has 4 atom stereocenters. The van der Waals surface area contributed by atoms with Crippen LogP contribution in [-0.2, 0) is 34.5 Å². The molecule has 2 aliphatic rings. The smallest absolute Gasteiger partial charge is 0.411 e. The fourth-order valence-corrected chi connectivity index (χ4v) is 11.1. The average Bonchev–Trinajstić information content (AvgIpc) is 1.99. The highest BCUT2D eigenvalue weighted by Crippen LogP contribution is 2.41. The first-order valence-electron chi connectivity index (χ1n) is 29.6. The van der Waals surface area contributed by atoms with Crippen LogP contribution in [0.5, 0.6) is 28.7 Å². The Morgan fingerprint density at radius 2 is 1.18 bits per heavy atom. The standard InChI is InChI=1S/C62H93N7O16Si2/c1-17-29-81-60(76)67-53(39(2)3)55(71)64-40(4)54(70)65-42-25-23-41(24-26-42)36-82-59(75)66-47-34-51(49(77-11)32-45(47)56(72)68-27-18-21-43(68)37-83-86(13,14)61(5,6)7)79-30-20-31-80-52-35-48(85-58(63)74)46(33-50(52)78-12)57(73)69-28-19-22-44(69)38-84-87(15,16)62(8,9)10/h17,23-26,32-35,39-40,43-44,53H,1,18-22,27-31,36-38H2,2-16H3,(H2,63,74)(H,64,71)(H,65,70)(H,66,75)(H,67,76). The third kappa shape index (κ3) is 19.6. The van der Waals surface area contributed by atoms with Gasteiger partial charge in [0.25, 0.3) is 11.8 Å². The summed E-state index contributed by atoms with van der Waals surface area (Å²) in [5, 5.41) is 10.6. The number of nitrogens with zero attached hydrogens (tertiary/aromatic N) is 2. The van der Waals surface area contributed by atoms with E-state index in [1.165, 1.54) is 51.5 Å². The van der Waals surface area contributed by atoms with E-state index in [1.54, 1.807) is 47.9 Å². The number of benzene rings is 3. The Morgan fingerprint density at radius 3 is 1.68 bits per heavy atom. The molecular weight excluding hydrogens is 1150 g/mol. The third-order valence-corrected chi connectivity index (χ3v) is 25.3. The van der Waals surface area contributed by atoms with Crippen LogP contribution in [0.1, 0.15) is 121 Å². The second-order valence-corrected chi connectivity index (χ2v) is 34.7. The van der Waals surface area contributed by atoms with Crippen molar-refractivity contribution in [2.24, 2.45) is 11.7 Å². The summed E-state index contributed by atoms with van der Waals surface area (Å²) in [7, 11) is -1.41. The summed E-state index contributed by atoms with van der Waals surface area (Å²) in [6, 6.07) is 10.1. The van der Waals surface area contributed by atoms with Gasteiger partial charge in [0.2, 0.25) is 11.8 Å². The molecule has 2 saturated heterocycles. The van der Waals surface area contributed by atoms with Crippen LogP contribution >= 0.6 is 0 Å². The van der Waals surface area contributed by atoms with Crippen LogP contribution in [0, 0.1) is 5.92 Å². The van der Waals surface area contributed by atoms with Gasteiger partial charge in [0, 0.05) is 43.4 Å². The molecule has 3 aromatic rings. The monoisotopic (exact) mass is 1250 g/mol. The van der Waals surface area contributed by atoms with Crippen molar-refractivity contribution in [2.75, 3.05) is 71.0 Å². The van der Waals surface area contributed by atoms with Gasteiger partial charge in [0.15, 0.2) is 39.6 Å². The zero-order chi connectivity index (χ0) is 64.6. The molecule has 3 aromatic carbocycles. The number of ether oxygens (including phenoxy) is 7. The summed E-state index contributed by atoms with van der Waals surface area (Å²) < 4.78 is 53.0. The minimum atomic E-state index is -2.17. The molecule has 87 heavy (non-hydrogen) atoms. The van der Waals surface area contributed by atoms with Crippen LogP contribution in [-0.4, -0.2) is 153 Å². The van der Waals surface area contributed by atoms with Gasteiger partial charge in [-0.3, -0.25) is 24.5 Å². The van der Waals surface area contributed by atoms with E-state index in [9.17, 15) is 33.6 Å². The molecule has 5 rings (SSSR count). The second-order valence-electron chi connectivity index (χ2n) is 25.1. The summed E-state index contributed by atoms with van der Waals surface area (Å²) in [6.07, 6.45) is 1.92. The van der Waals surface area contributed by atoms with Crippen molar-refractivity contribution >= 4 is 69.9 Å². The van der Waals surface area contributed by atoms with Crippen molar-refractivity contribution in [3.63, 3.8) is 0 Å². The van der Waals surface area contributed by atoms with Crippen LogP contribution in [0.25, 0.3) is 0 Å². The Bertz CT molecular complexity index is 2910. The normalized spacial score (nSPS) is 16.0. The van der Waals surface area contributed by atoms with Gasteiger partial charge >= 0.3 is 18.3 Å². The van der Waals surface area contributed by atoms with Crippen LogP contribution in [0.3, 0.4) is 0 Å². The molecule has 2 aliphatic heterocycles. The number of carbonyl (C=O) groups is 7. The number of likely N-dealkylation sites (tertiary alicyclic amines) is 2. The van der Waals surface area contributed by atoms with Gasteiger partial charge in [0.05, 0.1) is 69.5 Å². The maximum Gasteiger partial charge on any atom is 0.411 e. The molecule has 0 radical (unpaired) electrons. The first-order valence-corrected chi connectivity index (χ1v) is 35.4. The molecular formula is C62H93N7O16Si2. The molecule has 480 valence electrons. The lowest BCUT2D eigenvalue weighted by Crippen LogP contribution is -2.53. The Hall–Kier alpha value is -7.36. The number of primary amides is 1. The van der Waals surface area contributed by atoms with Gasteiger partial charge < -0.3 is 73.5 Å². The van der Waals surface area contributed by atoms with Crippen molar-refractivity contribution < 1.29 is 75.6 Å². The van der Waals surface area contributed by atoms with Crippen molar-refractivity contribution in [2.45, 2.75) is 161 Å². The number of hydrogen-bond acceptors (Lipinski definition) is 16. The Morgan fingerprint density at radius 1 is 0.667 bits per heavy atom. The summed E-state index contributed by atoms with van der Waals surface area (Å²) in [4.78, 5) is 96.7. The molecule has 0 aromatic heterocycles. The van der Waals surface area contributed by atoms with Gasteiger partial charge in [-0.1, -0.05) is 80.2 Å². The van der Waals surface area contributed by atoms with E-state index in [-0.39, 0.29) is 118 Å². The van der Waals surface area contributed by atoms with E-state index < -0.39 is 58.8 Å². The first kappa shape index (κ1) is 70.4. The van der Waals surface area contributed by atoms with E-state index in [0.717, 1.165) is 25.7 Å². The fraction of sp³-hybridized carbons (Fsp3) is 0.565. The van der Waals surface area contributed by atoms with Crippen LogP contribution in [0.2, 0.25) is 36.3 Å². The van der Waals surface area contributed by atoms with Crippen molar-refractivity contribution in [3.8, 4) is 28.7 Å². The van der Waals surface area contributed by atoms with Gasteiger partial charge in [-0.15, -0.1) is 0 Å². The highest BCUT2D eigenvalue weighted by molar-refractivity contribution is 6.74. The largest absolute Gasteiger partial charge is 0.493 e. The van der Waals surface area contributed by atoms with E-state index >= 15 is 0 Å². The first-order chi connectivity index (χ1) is 40.8. The highest BCUT2D eigenvalue weighted by Gasteiger charge is 2.42. The lowest BCUT2D eigenvalue weighted by molar-refractivity contribution is -0.128. The molecule has 0 aliphatic carbocycles. The van der Waals surface area contributed by atoms with Crippen molar-refractivity contribution in [1.29, 1.82) is 0 Å². The van der Waals surface area contributed by atoms with E-state index in [2.05, 4.69) is 95.6 Å². The minimum absolute atomic E-state index is 0.0142. The van der Waals surface area contributed by atoms with Gasteiger partial charge in [-0.05, 0) is 98.6 Å². The Labute approximate surface area is 514 Å². The molecule has 7 amide bonds. The Kier molecular flexibility index (Phi) is 25.1. The molecule has 23 nitrogen and oxygen atoms in total. The second kappa shape index (κ2) is 31.0. The fourth-order valence-electron chi connectivity index (χ4n) is 9.05. The van der Waals surface area contributed by atoms with Crippen LogP contribution in [0.4, 0.5) is 25.8 Å². The van der Waals surface area contributed by atoms with Gasteiger partial charge in [-0.2, -0.15) is 0 Å². The average molecular weight is 1250 g/mol. The number of methoxy groups -OCH3 is 2. The number of anilines is 2. The molecule has 0 bridgehead atoms. The van der Waals surface area contributed by atoms with Gasteiger partial charge in [-0.25, -0.2) is 14.4 Å². The molecule has 0 saturated carbocycles. The predicted octanol–water partition coefficient (Wildman–Crippen LogP) is 10.4. The Balaban J connectivity index is 1.29. The lowest BCUT2D eigenvalue weighted by Gasteiger charge is -2.38. The molecule has 0 spiro atoms. The number of carbonyl (C=O) groups excluding carboxylic acids is 7. The molecule has 2 fully saturated rings. The summed E-state index contributed by atoms with van der Waals surface area (Å²) in [6.45, 7) is 31.7. The quantitative estimate of drug-likeness (QED) is 0.0257. The highest BCUT2D eigenvalue weighted by atomic mass is 28.4. The van der Waals surface area contributed by atoms with Crippen molar-refractivity contribution in [1.82, 2.24) is 20.4 Å². The summed E-state index contributed by atoms with van der Waals surface area (Å²) in [5.41, 5.74) is 6.78. The molecule has 4 unspecified atom stereocenters. The van der Waals surface area contributed by atoms with E-state index in [1.807, 2.05) is 0 Å². The van der Waals surface area contributed by atoms with Crippen LogP contribution in [0.15, 0.2) is 61.2 Å². The predicted molar refractivity (Wildman–Crippen MR) is 336 cm³/mol. The minimum Gasteiger partial charge on any atom is -0.493 e. The third-order valence-electron chi connectivity index (χ3n) is 16.3. The zero-order valence-electron chi connectivity index (χ0n) is 53.5. The number of hydrogen-bond donors (Lipinski definition) is 5. The number of nitrogens with one attached hydrogen (secondary N) is 4.